The molecule has 6 heteroatoms. The predicted octanol–water partition coefficient (Wildman–Crippen LogP) is 5.23. The maximum atomic E-state index is 13.0. The third-order valence-electron chi connectivity index (χ3n) is 4.87. The van der Waals surface area contributed by atoms with Gasteiger partial charge in [0.05, 0.1) is 17.4 Å². The van der Waals surface area contributed by atoms with Crippen LogP contribution < -0.4 is 10.6 Å². The third-order valence-corrected chi connectivity index (χ3v) is 5.84. The number of nitrogens with one attached hydrogen (secondary N) is 2. The number of rotatable bonds is 7. The van der Waals surface area contributed by atoms with Crippen molar-refractivity contribution in [2.45, 2.75) is 38.8 Å². The van der Waals surface area contributed by atoms with Gasteiger partial charge in [0.15, 0.2) is 0 Å². The van der Waals surface area contributed by atoms with Crippen LogP contribution in [-0.2, 0) is 4.79 Å². The van der Waals surface area contributed by atoms with Gasteiger partial charge in [0.25, 0.3) is 5.91 Å². The Labute approximate surface area is 187 Å². The summed E-state index contributed by atoms with van der Waals surface area (Å²) in [5, 5.41) is 6.50. The molecule has 0 fully saturated rings. The van der Waals surface area contributed by atoms with Crippen molar-refractivity contribution in [1.29, 1.82) is 0 Å². The number of benzene rings is 2. The van der Waals surface area contributed by atoms with Gasteiger partial charge in [-0.25, -0.2) is 4.98 Å². The smallest absolute Gasteiger partial charge is 0.258 e. The lowest BCUT2D eigenvalue weighted by atomic mass is 10.1. The zero-order valence-corrected chi connectivity index (χ0v) is 19.0. The van der Waals surface area contributed by atoms with Crippen LogP contribution in [0.15, 0.2) is 65.7 Å². The van der Waals surface area contributed by atoms with Crippen LogP contribution in [0.5, 0.6) is 0 Å². The molecule has 2 aromatic carbocycles. The first-order chi connectivity index (χ1) is 14.8. The Morgan fingerprint density at radius 1 is 1.00 bits per heavy atom. The first-order valence-corrected chi connectivity index (χ1v) is 11.2. The number of aryl methyl sites for hydroxylation is 3. The van der Waals surface area contributed by atoms with E-state index < -0.39 is 0 Å². The summed E-state index contributed by atoms with van der Waals surface area (Å²) in [5.74, 6) is -0.153. The van der Waals surface area contributed by atoms with E-state index in [4.69, 9.17) is 0 Å². The number of anilines is 1. The summed E-state index contributed by atoms with van der Waals surface area (Å²) in [6.07, 6.45) is 0. The molecule has 160 valence electrons. The number of thioether (sulfide) groups is 1. The number of amides is 2. The van der Waals surface area contributed by atoms with Crippen LogP contribution in [-0.4, -0.2) is 22.6 Å². The van der Waals surface area contributed by atoms with Gasteiger partial charge in [-0.1, -0.05) is 59.8 Å². The summed E-state index contributed by atoms with van der Waals surface area (Å²) in [7, 11) is 0. The molecule has 2 amide bonds. The van der Waals surface area contributed by atoms with E-state index in [2.05, 4.69) is 15.6 Å². The lowest BCUT2D eigenvalue weighted by molar-refractivity contribution is -0.119. The van der Waals surface area contributed by atoms with Gasteiger partial charge >= 0.3 is 0 Å². The fourth-order valence-corrected chi connectivity index (χ4v) is 4.21. The van der Waals surface area contributed by atoms with Gasteiger partial charge in [-0.3, -0.25) is 9.59 Å². The molecule has 0 spiro atoms. The maximum absolute atomic E-state index is 13.0. The monoisotopic (exact) mass is 433 g/mol. The number of carbonyl (C=O) groups excluding carboxylic acids is 2. The van der Waals surface area contributed by atoms with Gasteiger partial charge in [0, 0.05) is 11.4 Å². The van der Waals surface area contributed by atoms with Crippen LogP contribution in [0.25, 0.3) is 0 Å². The highest BCUT2D eigenvalue weighted by Crippen LogP contribution is 2.26. The second kappa shape index (κ2) is 10.3. The van der Waals surface area contributed by atoms with E-state index in [0.717, 1.165) is 28.1 Å². The minimum absolute atomic E-state index is 0.0918. The van der Waals surface area contributed by atoms with Gasteiger partial charge in [-0.05, 0) is 57.0 Å². The van der Waals surface area contributed by atoms with Gasteiger partial charge in [0.1, 0.15) is 5.03 Å². The molecule has 31 heavy (non-hydrogen) atoms. The van der Waals surface area contributed by atoms with Gasteiger partial charge in [-0.2, -0.15) is 0 Å². The summed E-state index contributed by atoms with van der Waals surface area (Å²) >= 11 is 1.28. The molecule has 1 heterocycles. The van der Waals surface area contributed by atoms with Crippen LogP contribution in [0.4, 0.5) is 5.69 Å². The van der Waals surface area contributed by atoms with E-state index >= 15 is 0 Å². The number of carbonyl (C=O) groups is 2. The highest BCUT2D eigenvalue weighted by Gasteiger charge is 2.19. The largest absolute Gasteiger partial charge is 0.349 e. The summed E-state index contributed by atoms with van der Waals surface area (Å²) in [5.41, 5.74) is 5.03. The van der Waals surface area contributed by atoms with Crippen molar-refractivity contribution >= 4 is 29.3 Å². The average molecular weight is 434 g/mol. The highest BCUT2D eigenvalue weighted by atomic mass is 32.2. The lowest BCUT2D eigenvalue weighted by Gasteiger charge is -2.15. The molecule has 0 aliphatic rings. The molecule has 0 radical (unpaired) electrons. The molecule has 3 aromatic rings. The summed E-state index contributed by atoms with van der Waals surface area (Å²) in [6, 6.07) is 19.2. The van der Waals surface area contributed by atoms with E-state index in [1.807, 2.05) is 88.4 Å². The lowest BCUT2D eigenvalue weighted by Crippen LogP contribution is -2.28. The van der Waals surface area contributed by atoms with Crippen LogP contribution in [0.2, 0.25) is 0 Å². The molecule has 0 saturated heterocycles. The number of pyridine rings is 1. The van der Waals surface area contributed by atoms with Crippen molar-refractivity contribution in [3.63, 3.8) is 0 Å². The minimum atomic E-state index is -0.227. The predicted molar refractivity (Wildman–Crippen MR) is 127 cm³/mol. The van der Waals surface area contributed by atoms with Crippen molar-refractivity contribution in [2.75, 3.05) is 11.1 Å². The average Bonchev–Trinajstić information content (AvgIpc) is 2.74. The molecule has 0 aliphatic carbocycles. The molecule has 0 saturated carbocycles. The molecule has 3 rings (SSSR count). The van der Waals surface area contributed by atoms with Crippen LogP contribution in [0.1, 0.15) is 45.7 Å². The molecule has 0 bridgehead atoms. The van der Waals surface area contributed by atoms with Crippen LogP contribution >= 0.6 is 11.8 Å². The molecular weight excluding hydrogens is 406 g/mol. The second-order valence-corrected chi connectivity index (χ2v) is 8.53. The Bertz CT molecular complexity index is 1070. The third kappa shape index (κ3) is 6.18. The zero-order chi connectivity index (χ0) is 22.4. The van der Waals surface area contributed by atoms with Crippen molar-refractivity contribution in [3.05, 3.63) is 88.6 Å². The van der Waals surface area contributed by atoms with E-state index in [-0.39, 0.29) is 23.6 Å². The first-order valence-electron chi connectivity index (χ1n) is 10.2. The van der Waals surface area contributed by atoms with Crippen molar-refractivity contribution in [2.24, 2.45) is 0 Å². The normalized spacial score (nSPS) is 11.6. The van der Waals surface area contributed by atoms with E-state index in [9.17, 15) is 9.59 Å². The van der Waals surface area contributed by atoms with Crippen molar-refractivity contribution in [3.8, 4) is 0 Å². The van der Waals surface area contributed by atoms with Gasteiger partial charge in [-0.15, -0.1) is 0 Å². The second-order valence-electron chi connectivity index (χ2n) is 7.57. The number of aromatic nitrogens is 1. The topological polar surface area (TPSA) is 71.1 Å². The number of nitrogens with zero attached hydrogens (tertiary/aromatic N) is 1. The first kappa shape index (κ1) is 22.6. The number of hydrogen-bond acceptors (Lipinski definition) is 4. The Morgan fingerprint density at radius 2 is 1.68 bits per heavy atom. The maximum Gasteiger partial charge on any atom is 0.258 e. The molecular formula is C25H27N3O2S. The molecule has 1 atom stereocenters. The van der Waals surface area contributed by atoms with Crippen LogP contribution in [0.3, 0.4) is 0 Å². The van der Waals surface area contributed by atoms with Gasteiger partial charge < -0.3 is 10.6 Å². The molecule has 2 N–H and O–H groups in total. The van der Waals surface area contributed by atoms with Crippen molar-refractivity contribution in [1.82, 2.24) is 10.3 Å². The summed E-state index contributed by atoms with van der Waals surface area (Å²) in [4.78, 5) is 30.1. The van der Waals surface area contributed by atoms with Crippen LogP contribution in [0, 0.1) is 20.8 Å². The van der Waals surface area contributed by atoms with Gasteiger partial charge in [0.2, 0.25) is 5.91 Å². The highest BCUT2D eigenvalue weighted by molar-refractivity contribution is 8.00. The standard InChI is InChI=1S/C25H27N3O2S/c1-16-10-12-21(13-11-16)28-24(30)23-17(2)14-18(3)26-25(23)31-15-22(29)27-19(4)20-8-6-5-7-9-20/h5-14,19H,15H2,1-4H3,(H,27,29)(H,28,30). The van der Waals surface area contributed by atoms with Crippen molar-refractivity contribution < 1.29 is 9.59 Å². The Balaban J connectivity index is 1.71. The fourth-order valence-electron chi connectivity index (χ4n) is 3.26. The van der Waals surface area contributed by atoms with E-state index in [0.29, 0.717) is 10.6 Å². The zero-order valence-electron chi connectivity index (χ0n) is 18.2. The molecule has 1 unspecified atom stereocenters. The number of hydrogen-bond donors (Lipinski definition) is 2. The Kier molecular flexibility index (Phi) is 7.47. The van der Waals surface area contributed by atoms with E-state index in [1.54, 1.807) is 0 Å². The minimum Gasteiger partial charge on any atom is -0.349 e. The summed E-state index contributed by atoms with van der Waals surface area (Å²) in [6.45, 7) is 7.72. The quantitative estimate of drug-likeness (QED) is 0.501. The Hall–Kier alpha value is -3.12. The summed E-state index contributed by atoms with van der Waals surface area (Å²) < 4.78 is 0. The molecule has 1 aromatic heterocycles. The Morgan fingerprint density at radius 3 is 2.35 bits per heavy atom. The molecule has 5 nitrogen and oxygen atoms in total. The molecule has 0 aliphatic heterocycles. The SMILES string of the molecule is Cc1ccc(NC(=O)c2c(C)cc(C)nc2SCC(=O)NC(C)c2ccccc2)cc1. The fraction of sp³-hybridized carbons (Fsp3) is 0.240. The van der Waals surface area contributed by atoms with E-state index in [1.165, 1.54) is 11.8 Å².